The molecule has 0 saturated carbocycles. The Balaban J connectivity index is 2.16. The van der Waals surface area contributed by atoms with Crippen molar-refractivity contribution in [2.24, 2.45) is 7.05 Å². The Hall–Kier alpha value is -1.49. The summed E-state index contributed by atoms with van der Waals surface area (Å²) in [7, 11) is 1.85. The number of thiazole rings is 1. The van der Waals surface area contributed by atoms with Gasteiger partial charge >= 0.3 is 0 Å². The number of aryl methyl sites for hydroxylation is 2. The van der Waals surface area contributed by atoms with E-state index in [0.29, 0.717) is 11.3 Å². The molecule has 0 saturated heterocycles. The van der Waals surface area contributed by atoms with Gasteiger partial charge in [-0.1, -0.05) is 0 Å². The maximum absolute atomic E-state index is 11.8. The lowest BCUT2D eigenvalue weighted by atomic mass is 10.2. The summed E-state index contributed by atoms with van der Waals surface area (Å²) in [5, 5.41) is 4.20. The van der Waals surface area contributed by atoms with E-state index in [4.69, 9.17) is 0 Å². The van der Waals surface area contributed by atoms with Gasteiger partial charge in [0.1, 0.15) is 0 Å². The van der Waals surface area contributed by atoms with Crippen LogP contribution in [-0.4, -0.2) is 20.5 Å². The van der Waals surface area contributed by atoms with Gasteiger partial charge in [0.15, 0.2) is 5.78 Å². The van der Waals surface area contributed by atoms with Gasteiger partial charge in [0.25, 0.3) is 0 Å². The highest BCUT2D eigenvalue weighted by molar-refractivity contribution is 7.11. The van der Waals surface area contributed by atoms with Crippen molar-refractivity contribution >= 4 is 17.1 Å². The Morgan fingerprint density at radius 1 is 1.60 bits per heavy atom. The first kappa shape index (κ1) is 10.0. The molecule has 0 spiro atoms. The molecular formula is C10H11N3OS. The highest BCUT2D eigenvalue weighted by Crippen LogP contribution is 2.11. The van der Waals surface area contributed by atoms with Gasteiger partial charge < -0.3 is 0 Å². The quantitative estimate of drug-likeness (QED) is 0.740. The van der Waals surface area contributed by atoms with Gasteiger partial charge in [-0.15, -0.1) is 11.3 Å². The van der Waals surface area contributed by atoms with Crippen molar-refractivity contribution in [3.63, 3.8) is 0 Å². The van der Waals surface area contributed by atoms with Gasteiger partial charge in [-0.25, -0.2) is 0 Å². The van der Waals surface area contributed by atoms with Crippen LogP contribution < -0.4 is 0 Å². The molecule has 0 unspecified atom stereocenters. The molecule has 0 atom stereocenters. The number of nitrogens with zero attached hydrogens (tertiary/aromatic N) is 3. The van der Waals surface area contributed by atoms with Gasteiger partial charge in [-0.3, -0.25) is 14.5 Å². The third-order valence-electron chi connectivity index (χ3n) is 2.15. The third kappa shape index (κ3) is 2.12. The van der Waals surface area contributed by atoms with E-state index in [0.717, 1.165) is 11.4 Å². The summed E-state index contributed by atoms with van der Waals surface area (Å²) in [6, 6.07) is 1.93. The Kier molecular flexibility index (Phi) is 2.64. The number of hydrogen-bond donors (Lipinski definition) is 0. The van der Waals surface area contributed by atoms with Crippen LogP contribution in [0.4, 0.5) is 0 Å². The summed E-state index contributed by atoms with van der Waals surface area (Å²) in [5.74, 6) is 0.0977. The van der Waals surface area contributed by atoms with Crippen LogP contribution in [0.3, 0.4) is 0 Å². The van der Waals surface area contributed by atoms with Crippen molar-refractivity contribution < 1.29 is 4.79 Å². The standard InChI is InChI=1S/C10H11N3OS/c1-7-3-8(13(2)12-7)4-9(14)10-5-11-6-15-10/h3,5-6H,4H2,1-2H3. The SMILES string of the molecule is Cc1cc(CC(=O)c2cncs2)n(C)n1. The minimum Gasteiger partial charge on any atom is -0.293 e. The maximum atomic E-state index is 11.8. The smallest absolute Gasteiger partial charge is 0.180 e. The predicted molar refractivity (Wildman–Crippen MR) is 58.1 cm³/mol. The first-order chi connectivity index (χ1) is 7.16. The second-order valence-corrected chi connectivity index (χ2v) is 4.25. The highest BCUT2D eigenvalue weighted by Gasteiger charge is 2.11. The molecule has 2 heterocycles. The average Bonchev–Trinajstić information content (AvgIpc) is 2.76. The van der Waals surface area contributed by atoms with Crippen molar-refractivity contribution in [3.05, 3.63) is 34.0 Å². The van der Waals surface area contributed by atoms with Gasteiger partial charge in [-0.05, 0) is 13.0 Å². The Labute approximate surface area is 91.6 Å². The molecule has 0 aromatic carbocycles. The van der Waals surface area contributed by atoms with Crippen LogP contribution in [0.15, 0.2) is 17.8 Å². The number of hydrogen-bond acceptors (Lipinski definition) is 4. The van der Waals surface area contributed by atoms with Crippen LogP contribution >= 0.6 is 11.3 Å². The van der Waals surface area contributed by atoms with Gasteiger partial charge in [-0.2, -0.15) is 5.10 Å². The van der Waals surface area contributed by atoms with Crippen molar-refractivity contribution in [2.75, 3.05) is 0 Å². The second-order valence-electron chi connectivity index (χ2n) is 3.37. The van der Waals surface area contributed by atoms with Gasteiger partial charge in [0, 0.05) is 18.9 Å². The molecule has 0 fully saturated rings. The largest absolute Gasteiger partial charge is 0.293 e. The zero-order chi connectivity index (χ0) is 10.8. The molecule has 15 heavy (non-hydrogen) atoms. The number of ketones is 1. The molecule has 2 rings (SSSR count). The molecule has 2 aromatic heterocycles. The maximum Gasteiger partial charge on any atom is 0.180 e. The Morgan fingerprint density at radius 2 is 2.40 bits per heavy atom. The van der Waals surface area contributed by atoms with Crippen LogP contribution in [0.5, 0.6) is 0 Å². The molecule has 0 aliphatic rings. The number of carbonyl (C=O) groups excluding carboxylic acids is 1. The fourth-order valence-corrected chi connectivity index (χ4v) is 2.00. The van der Waals surface area contributed by atoms with Crippen LogP contribution in [-0.2, 0) is 13.5 Å². The first-order valence-electron chi connectivity index (χ1n) is 4.58. The normalized spacial score (nSPS) is 10.5. The van der Waals surface area contributed by atoms with Crippen LogP contribution in [0.25, 0.3) is 0 Å². The molecule has 4 nitrogen and oxygen atoms in total. The Morgan fingerprint density at radius 3 is 2.93 bits per heavy atom. The third-order valence-corrected chi connectivity index (χ3v) is 2.96. The van der Waals surface area contributed by atoms with Crippen LogP contribution in [0.2, 0.25) is 0 Å². The van der Waals surface area contributed by atoms with Crippen LogP contribution in [0.1, 0.15) is 21.1 Å². The first-order valence-corrected chi connectivity index (χ1v) is 5.46. The summed E-state index contributed by atoms with van der Waals surface area (Å²) in [6.45, 7) is 1.92. The molecule has 0 radical (unpaired) electrons. The lowest BCUT2D eigenvalue weighted by Gasteiger charge is -1.98. The van der Waals surface area contributed by atoms with E-state index in [9.17, 15) is 4.79 Å². The molecule has 5 heteroatoms. The second kappa shape index (κ2) is 3.94. The highest BCUT2D eigenvalue weighted by atomic mass is 32.1. The molecule has 0 amide bonds. The number of Topliss-reactive ketones (excluding diaryl/α,β-unsaturated/α-hetero) is 1. The summed E-state index contributed by atoms with van der Waals surface area (Å²) in [5.41, 5.74) is 3.54. The number of rotatable bonds is 3. The van der Waals surface area contributed by atoms with Crippen molar-refractivity contribution in [2.45, 2.75) is 13.3 Å². The topological polar surface area (TPSA) is 47.8 Å². The fraction of sp³-hybridized carbons (Fsp3) is 0.300. The molecule has 78 valence electrons. The van der Waals surface area contributed by atoms with Gasteiger partial charge in [0.2, 0.25) is 0 Å². The van der Waals surface area contributed by atoms with Gasteiger partial charge in [0.05, 0.1) is 22.5 Å². The molecular weight excluding hydrogens is 210 g/mol. The zero-order valence-electron chi connectivity index (χ0n) is 8.60. The number of carbonyl (C=O) groups is 1. The van der Waals surface area contributed by atoms with E-state index in [1.807, 2.05) is 20.0 Å². The number of aromatic nitrogens is 3. The van der Waals surface area contributed by atoms with E-state index in [1.165, 1.54) is 11.3 Å². The Bertz CT molecular complexity index is 473. The fourth-order valence-electron chi connectivity index (χ4n) is 1.43. The summed E-state index contributed by atoms with van der Waals surface area (Å²) >= 11 is 1.37. The molecule has 0 bridgehead atoms. The van der Waals surface area contributed by atoms with E-state index < -0.39 is 0 Å². The summed E-state index contributed by atoms with van der Waals surface area (Å²) in [4.78, 5) is 16.4. The predicted octanol–water partition coefficient (Wildman–Crippen LogP) is 1.61. The summed E-state index contributed by atoms with van der Waals surface area (Å²) in [6.07, 6.45) is 2.00. The lowest BCUT2D eigenvalue weighted by molar-refractivity contribution is 0.0994. The lowest BCUT2D eigenvalue weighted by Crippen LogP contribution is -2.06. The molecule has 2 aromatic rings. The van der Waals surface area contributed by atoms with E-state index >= 15 is 0 Å². The molecule has 0 N–H and O–H groups in total. The van der Waals surface area contributed by atoms with E-state index in [1.54, 1.807) is 16.4 Å². The monoisotopic (exact) mass is 221 g/mol. The average molecular weight is 221 g/mol. The molecule has 0 aliphatic heterocycles. The van der Waals surface area contributed by atoms with E-state index in [2.05, 4.69) is 10.1 Å². The van der Waals surface area contributed by atoms with E-state index in [-0.39, 0.29) is 5.78 Å². The molecule has 0 aliphatic carbocycles. The minimum atomic E-state index is 0.0977. The summed E-state index contributed by atoms with van der Waals surface area (Å²) < 4.78 is 1.74. The van der Waals surface area contributed by atoms with Crippen molar-refractivity contribution in [3.8, 4) is 0 Å². The van der Waals surface area contributed by atoms with Crippen molar-refractivity contribution in [1.82, 2.24) is 14.8 Å². The van der Waals surface area contributed by atoms with Crippen LogP contribution in [0, 0.1) is 6.92 Å². The zero-order valence-corrected chi connectivity index (χ0v) is 9.41. The van der Waals surface area contributed by atoms with Crippen molar-refractivity contribution in [1.29, 1.82) is 0 Å². The minimum absolute atomic E-state index is 0.0977.